The molecule has 33 heavy (non-hydrogen) atoms. The fourth-order valence-electron chi connectivity index (χ4n) is 3.85. The number of benzene rings is 2. The number of morpholine rings is 1. The highest BCUT2D eigenvalue weighted by Crippen LogP contribution is 2.35. The first kappa shape index (κ1) is 21.2. The van der Waals surface area contributed by atoms with Gasteiger partial charge < -0.3 is 14.4 Å². The predicted molar refractivity (Wildman–Crippen MR) is 126 cm³/mol. The van der Waals surface area contributed by atoms with Crippen LogP contribution in [0.25, 0.3) is 22.2 Å². The van der Waals surface area contributed by atoms with Crippen molar-refractivity contribution in [3.63, 3.8) is 0 Å². The quantitative estimate of drug-likeness (QED) is 0.450. The SMILES string of the molecule is COc1ccc(S(=O)(=O)Nc2ccccc2)cc1-c1cnc2[nH]nc(N3CCOCC3)c2c1. The third-order valence-corrected chi connectivity index (χ3v) is 6.90. The zero-order valence-corrected chi connectivity index (χ0v) is 18.8. The molecule has 2 aromatic heterocycles. The predicted octanol–water partition coefficient (Wildman–Crippen LogP) is 3.27. The van der Waals surface area contributed by atoms with Gasteiger partial charge in [0, 0.05) is 36.1 Å². The minimum Gasteiger partial charge on any atom is -0.496 e. The lowest BCUT2D eigenvalue weighted by atomic mass is 10.1. The molecule has 0 saturated carbocycles. The zero-order valence-electron chi connectivity index (χ0n) is 18.0. The van der Waals surface area contributed by atoms with Crippen LogP contribution in [0, 0.1) is 0 Å². The van der Waals surface area contributed by atoms with Gasteiger partial charge in [-0.05, 0) is 36.4 Å². The number of pyridine rings is 1. The molecule has 5 rings (SSSR count). The molecule has 0 amide bonds. The lowest BCUT2D eigenvalue weighted by Crippen LogP contribution is -2.36. The number of nitrogens with one attached hydrogen (secondary N) is 2. The molecule has 0 radical (unpaired) electrons. The smallest absolute Gasteiger partial charge is 0.261 e. The number of hydrogen-bond donors (Lipinski definition) is 2. The van der Waals surface area contributed by atoms with Crippen LogP contribution in [0.1, 0.15) is 0 Å². The second-order valence-corrected chi connectivity index (χ2v) is 9.28. The Morgan fingerprint density at radius 1 is 1.09 bits per heavy atom. The maximum atomic E-state index is 13.0. The summed E-state index contributed by atoms with van der Waals surface area (Å²) in [5.41, 5.74) is 2.50. The summed E-state index contributed by atoms with van der Waals surface area (Å²) in [7, 11) is -2.24. The van der Waals surface area contributed by atoms with E-state index >= 15 is 0 Å². The summed E-state index contributed by atoms with van der Waals surface area (Å²) in [5, 5.41) is 8.27. The molecule has 0 aliphatic carbocycles. The maximum Gasteiger partial charge on any atom is 0.261 e. The largest absolute Gasteiger partial charge is 0.496 e. The first-order valence-corrected chi connectivity index (χ1v) is 12.0. The van der Waals surface area contributed by atoms with Crippen molar-refractivity contribution in [1.29, 1.82) is 0 Å². The summed E-state index contributed by atoms with van der Waals surface area (Å²) in [5.74, 6) is 1.35. The average molecular weight is 466 g/mol. The molecule has 170 valence electrons. The Kier molecular flexibility index (Phi) is 5.61. The van der Waals surface area contributed by atoms with Gasteiger partial charge in [-0.2, -0.15) is 5.10 Å². The van der Waals surface area contributed by atoms with Crippen molar-refractivity contribution in [3.8, 4) is 16.9 Å². The zero-order chi connectivity index (χ0) is 22.8. The van der Waals surface area contributed by atoms with Crippen LogP contribution in [0.5, 0.6) is 5.75 Å². The molecule has 4 aromatic rings. The molecule has 1 saturated heterocycles. The third-order valence-electron chi connectivity index (χ3n) is 5.53. The number of fused-ring (bicyclic) bond motifs is 1. The Balaban J connectivity index is 1.55. The maximum absolute atomic E-state index is 13.0. The first-order valence-electron chi connectivity index (χ1n) is 10.5. The number of sulfonamides is 1. The van der Waals surface area contributed by atoms with Crippen LogP contribution in [-0.4, -0.2) is 57.0 Å². The number of nitrogens with zero attached hydrogens (tertiary/aromatic N) is 3. The monoisotopic (exact) mass is 465 g/mol. The van der Waals surface area contributed by atoms with E-state index in [1.54, 1.807) is 49.7 Å². The molecule has 0 atom stereocenters. The molecule has 0 bridgehead atoms. The highest BCUT2D eigenvalue weighted by atomic mass is 32.2. The van der Waals surface area contributed by atoms with Crippen molar-refractivity contribution in [1.82, 2.24) is 15.2 Å². The van der Waals surface area contributed by atoms with Gasteiger partial charge in [-0.15, -0.1) is 0 Å². The molecule has 3 heterocycles. The minimum absolute atomic E-state index is 0.128. The van der Waals surface area contributed by atoms with Crippen molar-refractivity contribution in [2.45, 2.75) is 4.90 Å². The number of hydrogen-bond acceptors (Lipinski definition) is 7. The average Bonchev–Trinajstić information content (AvgIpc) is 3.28. The Bertz CT molecular complexity index is 1380. The highest BCUT2D eigenvalue weighted by molar-refractivity contribution is 7.92. The summed E-state index contributed by atoms with van der Waals surface area (Å²) in [6.07, 6.45) is 1.68. The molecule has 9 nitrogen and oxygen atoms in total. The van der Waals surface area contributed by atoms with Crippen molar-refractivity contribution in [3.05, 3.63) is 60.8 Å². The van der Waals surface area contributed by atoms with Crippen molar-refractivity contribution >= 4 is 32.6 Å². The van der Waals surface area contributed by atoms with Gasteiger partial charge in [-0.3, -0.25) is 9.82 Å². The summed E-state index contributed by atoms with van der Waals surface area (Å²) >= 11 is 0. The van der Waals surface area contributed by atoms with Crippen molar-refractivity contribution in [2.24, 2.45) is 0 Å². The second-order valence-electron chi connectivity index (χ2n) is 7.60. The number of anilines is 2. The number of ether oxygens (including phenoxy) is 2. The van der Waals surface area contributed by atoms with Gasteiger partial charge >= 0.3 is 0 Å². The number of H-pyrrole nitrogens is 1. The topological polar surface area (TPSA) is 109 Å². The molecular weight excluding hydrogens is 442 g/mol. The number of methoxy groups -OCH3 is 1. The number of rotatable bonds is 6. The van der Waals surface area contributed by atoms with Crippen LogP contribution in [0.3, 0.4) is 0 Å². The fourth-order valence-corrected chi connectivity index (χ4v) is 4.94. The van der Waals surface area contributed by atoms with Crippen molar-refractivity contribution < 1.29 is 17.9 Å². The van der Waals surface area contributed by atoms with E-state index in [9.17, 15) is 8.42 Å². The fraction of sp³-hybridized carbons (Fsp3) is 0.217. The first-order chi connectivity index (χ1) is 16.0. The molecular formula is C23H23N5O4S. The van der Waals surface area contributed by atoms with E-state index in [0.29, 0.717) is 35.9 Å². The highest BCUT2D eigenvalue weighted by Gasteiger charge is 2.21. The summed E-state index contributed by atoms with van der Waals surface area (Å²) in [6, 6.07) is 15.5. The molecule has 10 heteroatoms. The Morgan fingerprint density at radius 2 is 1.88 bits per heavy atom. The molecule has 2 N–H and O–H groups in total. The Hall–Kier alpha value is -3.63. The molecule has 1 aliphatic rings. The summed E-state index contributed by atoms with van der Waals surface area (Å²) < 4.78 is 39.6. The van der Waals surface area contributed by atoms with Crippen LogP contribution in [-0.2, 0) is 14.8 Å². The summed E-state index contributed by atoms with van der Waals surface area (Å²) in [6.45, 7) is 2.77. The van der Waals surface area contributed by atoms with Crippen LogP contribution < -0.4 is 14.4 Å². The van der Waals surface area contributed by atoms with Gasteiger partial charge in [0.25, 0.3) is 10.0 Å². The van der Waals surface area contributed by atoms with Gasteiger partial charge in [-0.25, -0.2) is 13.4 Å². The Labute approximate surface area is 191 Å². The second kappa shape index (κ2) is 8.72. The number of aromatic amines is 1. The molecule has 0 spiro atoms. The van der Waals surface area contributed by atoms with Gasteiger partial charge in [0.2, 0.25) is 0 Å². The van der Waals surface area contributed by atoms with Gasteiger partial charge in [0.05, 0.1) is 30.6 Å². The number of para-hydroxylation sites is 1. The van der Waals surface area contributed by atoms with E-state index in [4.69, 9.17) is 9.47 Å². The van der Waals surface area contributed by atoms with Crippen LogP contribution in [0.15, 0.2) is 65.7 Å². The van der Waals surface area contributed by atoms with E-state index in [0.717, 1.165) is 29.9 Å². The standard InChI is InChI=1S/C23H23N5O4S/c1-31-21-8-7-18(33(29,30)27-17-5-3-2-4-6-17)14-19(21)16-13-20-22(24-15-16)25-26-23(20)28-9-11-32-12-10-28/h2-8,13-15,27H,9-12H2,1H3,(H,24,25,26). The lowest BCUT2D eigenvalue weighted by Gasteiger charge is -2.26. The van der Waals surface area contributed by atoms with Crippen LogP contribution in [0.2, 0.25) is 0 Å². The van der Waals surface area contributed by atoms with Gasteiger partial charge in [-0.1, -0.05) is 18.2 Å². The summed E-state index contributed by atoms with van der Waals surface area (Å²) in [4.78, 5) is 6.79. The van der Waals surface area contributed by atoms with Gasteiger partial charge in [0.15, 0.2) is 11.5 Å². The molecule has 1 aliphatic heterocycles. The molecule has 0 unspecified atom stereocenters. The van der Waals surface area contributed by atoms with E-state index in [-0.39, 0.29) is 4.90 Å². The van der Waals surface area contributed by atoms with Crippen LogP contribution >= 0.6 is 0 Å². The van der Waals surface area contributed by atoms with E-state index in [1.165, 1.54) is 6.07 Å². The van der Waals surface area contributed by atoms with E-state index in [2.05, 4.69) is 24.8 Å². The van der Waals surface area contributed by atoms with Crippen LogP contribution in [0.4, 0.5) is 11.5 Å². The number of aromatic nitrogens is 3. The molecule has 1 fully saturated rings. The van der Waals surface area contributed by atoms with Crippen molar-refractivity contribution in [2.75, 3.05) is 43.0 Å². The third kappa shape index (κ3) is 4.22. The minimum atomic E-state index is -3.79. The normalized spacial score (nSPS) is 14.4. The van der Waals surface area contributed by atoms with E-state index in [1.807, 2.05) is 12.1 Å². The lowest BCUT2D eigenvalue weighted by molar-refractivity contribution is 0.122. The molecule has 2 aromatic carbocycles. The Morgan fingerprint density at radius 3 is 2.64 bits per heavy atom. The van der Waals surface area contributed by atoms with Gasteiger partial charge in [0.1, 0.15) is 5.75 Å². The van der Waals surface area contributed by atoms with E-state index < -0.39 is 10.0 Å².